The molecule has 140 valence electrons. The van der Waals surface area contributed by atoms with E-state index in [9.17, 15) is 24.0 Å². The average Bonchev–Trinajstić information content (AvgIpc) is 3.25. The summed E-state index contributed by atoms with van der Waals surface area (Å²) in [7, 11) is 0. The molecule has 0 spiro atoms. The van der Waals surface area contributed by atoms with Gasteiger partial charge in [0.1, 0.15) is 11.2 Å². The van der Waals surface area contributed by atoms with Crippen molar-refractivity contribution in [2.45, 2.75) is 25.7 Å². The molecule has 27 heavy (non-hydrogen) atoms. The molecule has 1 aromatic rings. The zero-order valence-corrected chi connectivity index (χ0v) is 15.4. The van der Waals surface area contributed by atoms with Crippen LogP contribution in [0.15, 0.2) is 29.2 Å². The van der Waals surface area contributed by atoms with Crippen molar-refractivity contribution in [3.05, 3.63) is 40.6 Å². The molecule has 3 amide bonds. The lowest BCUT2D eigenvalue weighted by atomic mass is 9.87. The molecule has 0 atom stereocenters. The Morgan fingerprint density at radius 1 is 1.30 bits per heavy atom. The van der Waals surface area contributed by atoms with Crippen LogP contribution in [-0.4, -0.2) is 35.0 Å². The van der Waals surface area contributed by atoms with Crippen LogP contribution in [-0.2, 0) is 9.59 Å². The number of hydrogen-bond donors (Lipinski definition) is 1. The molecule has 6 nitrogen and oxygen atoms in total. The quantitative estimate of drug-likeness (QED) is 0.784. The highest BCUT2D eigenvalue weighted by Gasteiger charge is 2.41. The Morgan fingerprint density at radius 3 is 2.59 bits per heavy atom. The van der Waals surface area contributed by atoms with Crippen LogP contribution in [0.4, 0.5) is 9.18 Å². The van der Waals surface area contributed by atoms with E-state index >= 15 is 0 Å². The molecule has 1 saturated heterocycles. The lowest BCUT2D eigenvalue weighted by molar-refractivity contribution is -0.128. The van der Waals surface area contributed by atoms with Crippen molar-refractivity contribution in [1.29, 1.82) is 5.26 Å². The van der Waals surface area contributed by atoms with Gasteiger partial charge in [0.15, 0.2) is 0 Å². The van der Waals surface area contributed by atoms with Crippen LogP contribution in [0.1, 0.15) is 31.2 Å². The Morgan fingerprint density at radius 2 is 1.96 bits per heavy atom. The summed E-state index contributed by atoms with van der Waals surface area (Å²) in [6, 6.07) is 7.71. The van der Waals surface area contributed by atoms with Crippen molar-refractivity contribution in [3.63, 3.8) is 0 Å². The van der Waals surface area contributed by atoms with E-state index in [1.165, 1.54) is 30.3 Å². The molecule has 1 aromatic carbocycles. The summed E-state index contributed by atoms with van der Waals surface area (Å²) in [4.78, 5) is 38.1. The smallest absolute Gasteiger partial charge is 0.293 e. The SMILES string of the molecule is N#CC1(C(=O)NCCN2C(=O)S/C(=C\c3ccc(F)cc3)C2=O)CCCC1. The Balaban J connectivity index is 1.59. The number of halogens is 1. The van der Waals surface area contributed by atoms with E-state index in [0.717, 1.165) is 29.5 Å². The molecule has 2 fully saturated rings. The Hall–Kier alpha value is -2.66. The van der Waals surface area contributed by atoms with Gasteiger partial charge >= 0.3 is 0 Å². The number of carbonyl (C=O) groups is 3. The summed E-state index contributed by atoms with van der Waals surface area (Å²) in [5.41, 5.74) is -0.367. The normalized spacial score (nSPS) is 20.1. The highest BCUT2D eigenvalue weighted by atomic mass is 32.2. The van der Waals surface area contributed by atoms with Gasteiger partial charge in [0, 0.05) is 13.1 Å². The molecule has 3 rings (SSSR count). The molecule has 1 saturated carbocycles. The first-order chi connectivity index (χ1) is 12.9. The predicted molar refractivity (Wildman–Crippen MR) is 98.6 cm³/mol. The van der Waals surface area contributed by atoms with E-state index < -0.39 is 16.6 Å². The van der Waals surface area contributed by atoms with Crippen LogP contribution in [0.2, 0.25) is 0 Å². The van der Waals surface area contributed by atoms with Gasteiger partial charge in [-0.15, -0.1) is 0 Å². The van der Waals surface area contributed by atoms with Crippen molar-refractivity contribution < 1.29 is 18.8 Å². The molecule has 8 heteroatoms. The fourth-order valence-corrected chi connectivity index (χ4v) is 4.09. The van der Waals surface area contributed by atoms with Gasteiger partial charge in [-0.1, -0.05) is 25.0 Å². The first kappa shape index (κ1) is 19.1. The van der Waals surface area contributed by atoms with Gasteiger partial charge in [-0.25, -0.2) is 4.39 Å². The van der Waals surface area contributed by atoms with E-state index in [4.69, 9.17) is 0 Å². The lowest BCUT2D eigenvalue weighted by Crippen LogP contribution is -2.43. The van der Waals surface area contributed by atoms with Crippen LogP contribution >= 0.6 is 11.8 Å². The highest BCUT2D eigenvalue weighted by Crippen LogP contribution is 2.37. The Labute approximate surface area is 160 Å². The van der Waals surface area contributed by atoms with Crippen LogP contribution in [0.3, 0.4) is 0 Å². The van der Waals surface area contributed by atoms with Gasteiger partial charge in [0.25, 0.3) is 11.1 Å². The van der Waals surface area contributed by atoms with Crippen LogP contribution in [0.5, 0.6) is 0 Å². The molecule has 0 radical (unpaired) electrons. The van der Waals surface area contributed by atoms with Gasteiger partial charge in [0.2, 0.25) is 5.91 Å². The molecule has 1 heterocycles. The second kappa shape index (κ2) is 7.92. The molecule has 2 aliphatic rings. The van der Waals surface area contributed by atoms with Gasteiger partial charge in [-0.2, -0.15) is 5.26 Å². The minimum absolute atomic E-state index is 0.0404. The molecule has 1 aliphatic heterocycles. The fraction of sp³-hybridized carbons (Fsp3) is 0.368. The number of hydrogen-bond acceptors (Lipinski definition) is 5. The van der Waals surface area contributed by atoms with E-state index in [1.807, 2.05) is 0 Å². The third-order valence-corrected chi connectivity index (χ3v) is 5.68. The number of nitriles is 1. The minimum Gasteiger partial charge on any atom is -0.353 e. The van der Waals surface area contributed by atoms with Gasteiger partial charge in [0.05, 0.1) is 11.0 Å². The maximum Gasteiger partial charge on any atom is 0.293 e. The zero-order valence-electron chi connectivity index (χ0n) is 14.5. The number of carbonyl (C=O) groups excluding carboxylic acids is 3. The lowest BCUT2D eigenvalue weighted by Gasteiger charge is -2.20. The molecule has 0 bridgehead atoms. The maximum atomic E-state index is 13.0. The highest BCUT2D eigenvalue weighted by molar-refractivity contribution is 8.18. The number of thioether (sulfide) groups is 1. The maximum absolute atomic E-state index is 13.0. The number of nitrogens with one attached hydrogen (secondary N) is 1. The third-order valence-electron chi connectivity index (χ3n) is 4.77. The van der Waals surface area contributed by atoms with Crippen LogP contribution < -0.4 is 5.32 Å². The van der Waals surface area contributed by atoms with E-state index in [-0.39, 0.29) is 29.7 Å². The number of rotatable bonds is 5. The zero-order chi connectivity index (χ0) is 19.4. The predicted octanol–water partition coefficient (Wildman–Crippen LogP) is 3.06. The van der Waals surface area contributed by atoms with Gasteiger partial charge in [-0.05, 0) is 48.4 Å². The topological polar surface area (TPSA) is 90.3 Å². The van der Waals surface area contributed by atoms with Crippen LogP contribution in [0.25, 0.3) is 6.08 Å². The number of nitrogens with zero attached hydrogens (tertiary/aromatic N) is 2. The third kappa shape index (κ3) is 4.03. The van der Waals surface area contributed by atoms with Crippen molar-refractivity contribution >= 4 is 34.9 Å². The second-order valence-corrected chi connectivity index (χ2v) is 7.54. The van der Waals surface area contributed by atoms with E-state index in [0.29, 0.717) is 18.4 Å². The van der Waals surface area contributed by atoms with Gasteiger partial charge in [-0.3, -0.25) is 19.3 Å². The molecule has 1 N–H and O–H groups in total. The van der Waals surface area contributed by atoms with Crippen molar-refractivity contribution in [1.82, 2.24) is 10.2 Å². The van der Waals surface area contributed by atoms with Gasteiger partial charge < -0.3 is 5.32 Å². The van der Waals surface area contributed by atoms with Crippen molar-refractivity contribution in [2.24, 2.45) is 5.41 Å². The summed E-state index contributed by atoms with van der Waals surface area (Å²) >= 11 is 0.808. The number of amides is 3. The summed E-state index contributed by atoms with van der Waals surface area (Å²) in [6.07, 6.45) is 4.30. The van der Waals surface area contributed by atoms with Crippen LogP contribution in [0, 0.1) is 22.6 Å². The van der Waals surface area contributed by atoms with E-state index in [2.05, 4.69) is 11.4 Å². The molecular formula is C19H18FN3O3S. The number of imide groups is 1. The molecule has 0 aromatic heterocycles. The average molecular weight is 387 g/mol. The first-order valence-electron chi connectivity index (χ1n) is 8.66. The Bertz CT molecular complexity index is 839. The largest absolute Gasteiger partial charge is 0.353 e. The fourth-order valence-electron chi connectivity index (χ4n) is 3.22. The summed E-state index contributed by atoms with van der Waals surface area (Å²) in [5.74, 6) is -1.16. The first-order valence-corrected chi connectivity index (χ1v) is 9.47. The van der Waals surface area contributed by atoms with Crippen molar-refractivity contribution in [2.75, 3.05) is 13.1 Å². The van der Waals surface area contributed by atoms with Crippen molar-refractivity contribution in [3.8, 4) is 6.07 Å². The molecule has 1 aliphatic carbocycles. The number of benzene rings is 1. The Kier molecular flexibility index (Phi) is 5.61. The monoisotopic (exact) mass is 387 g/mol. The second-order valence-electron chi connectivity index (χ2n) is 6.54. The molecule has 0 unspecified atom stereocenters. The standard InChI is InChI=1S/C19H18FN3O3S/c20-14-5-3-13(4-6-14)11-15-16(24)23(18(26)27-15)10-9-22-17(25)19(12-21)7-1-2-8-19/h3-6,11H,1-2,7-10H2,(H,22,25)/b15-11-. The summed E-state index contributed by atoms with van der Waals surface area (Å²) in [5, 5.41) is 11.6. The minimum atomic E-state index is -0.985. The van der Waals surface area contributed by atoms with E-state index in [1.54, 1.807) is 0 Å². The summed E-state index contributed by atoms with van der Waals surface area (Å²) in [6.45, 7) is 0.142. The molecular weight excluding hydrogens is 369 g/mol. The summed E-state index contributed by atoms with van der Waals surface area (Å²) < 4.78 is 13.0.